The molecule has 0 unspecified atom stereocenters. The lowest BCUT2D eigenvalue weighted by Gasteiger charge is -2.00. The van der Waals surface area contributed by atoms with Crippen LogP contribution in [0, 0.1) is 0 Å². The van der Waals surface area contributed by atoms with E-state index in [-0.39, 0.29) is 5.95 Å². The summed E-state index contributed by atoms with van der Waals surface area (Å²) in [6.45, 7) is 0.804. The van der Waals surface area contributed by atoms with Crippen LogP contribution < -0.4 is 5.73 Å². The molecular formula is C13H12ClN5O. The van der Waals surface area contributed by atoms with E-state index < -0.39 is 0 Å². The lowest BCUT2D eigenvalue weighted by Crippen LogP contribution is -2.02. The van der Waals surface area contributed by atoms with Gasteiger partial charge in [0.05, 0.1) is 6.61 Å². The largest absolute Gasteiger partial charge is 0.369 e. The van der Waals surface area contributed by atoms with Crippen LogP contribution in [-0.4, -0.2) is 19.6 Å². The smallest absolute Gasteiger partial charge is 0.224 e. The topological polar surface area (TPSA) is 78.3 Å². The van der Waals surface area contributed by atoms with E-state index in [9.17, 15) is 0 Å². The molecule has 0 radical (unpaired) electrons. The predicted molar refractivity (Wildman–Crippen MR) is 75.1 cm³/mol. The third-order valence-electron chi connectivity index (χ3n) is 2.71. The summed E-state index contributed by atoms with van der Waals surface area (Å²) in [4.78, 5) is 8.19. The molecule has 0 spiro atoms. The van der Waals surface area contributed by atoms with Gasteiger partial charge in [0, 0.05) is 6.07 Å². The van der Waals surface area contributed by atoms with Crippen molar-refractivity contribution in [3.8, 4) is 0 Å². The average Bonchev–Trinajstić information content (AvgIpc) is 2.83. The summed E-state index contributed by atoms with van der Waals surface area (Å²) in [7, 11) is 0. The van der Waals surface area contributed by atoms with Gasteiger partial charge in [-0.1, -0.05) is 41.9 Å². The van der Waals surface area contributed by atoms with Crippen LogP contribution in [0.1, 0.15) is 11.4 Å². The van der Waals surface area contributed by atoms with Crippen molar-refractivity contribution in [3.05, 3.63) is 52.9 Å². The molecule has 3 rings (SSSR count). The van der Waals surface area contributed by atoms with Crippen LogP contribution in [0.5, 0.6) is 0 Å². The second-order valence-corrected chi connectivity index (χ2v) is 4.60. The lowest BCUT2D eigenvalue weighted by molar-refractivity contribution is 0.102. The van der Waals surface area contributed by atoms with Gasteiger partial charge in [-0.3, -0.25) is 0 Å². The van der Waals surface area contributed by atoms with Gasteiger partial charge < -0.3 is 10.5 Å². The van der Waals surface area contributed by atoms with E-state index in [0.717, 1.165) is 5.56 Å². The number of nitrogen functional groups attached to an aromatic ring is 1. The van der Waals surface area contributed by atoms with Crippen molar-refractivity contribution in [2.45, 2.75) is 13.2 Å². The molecule has 102 valence electrons. The number of benzene rings is 1. The molecule has 0 bridgehead atoms. The van der Waals surface area contributed by atoms with E-state index >= 15 is 0 Å². The molecule has 0 aliphatic heterocycles. The molecule has 0 aliphatic rings. The van der Waals surface area contributed by atoms with Gasteiger partial charge in [-0.25, -0.2) is 9.97 Å². The fourth-order valence-corrected chi connectivity index (χ4v) is 2.01. The van der Waals surface area contributed by atoms with Crippen LogP contribution in [0.25, 0.3) is 5.65 Å². The number of aromatic nitrogens is 4. The van der Waals surface area contributed by atoms with Crippen molar-refractivity contribution in [2.24, 2.45) is 0 Å². The van der Waals surface area contributed by atoms with Gasteiger partial charge in [0.2, 0.25) is 5.95 Å². The molecule has 0 saturated carbocycles. The van der Waals surface area contributed by atoms with E-state index in [1.165, 1.54) is 4.52 Å². The number of nitrogens with two attached hydrogens (primary N) is 1. The average molecular weight is 290 g/mol. The summed E-state index contributed by atoms with van der Waals surface area (Å²) in [5, 5.41) is 4.51. The Kier molecular flexibility index (Phi) is 3.49. The molecule has 7 heteroatoms. The number of hydrogen-bond donors (Lipinski definition) is 1. The Bertz CT molecular complexity index is 728. The highest BCUT2D eigenvalue weighted by Crippen LogP contribution is 2.12. The van der Waals surface area contributed by atoms with Gasteiger partial charge in [0.25, 0.3) is 0 Å². The molecule has 3 aromatic rings. The second-order valence-electron chi connectivity index (χ2n) is 4.21. The molecule has 0 fully saturated rings. The molecule has 1 aromatic carbocycles. The van der Waals surface area contributed by atoms with E-state index in [4.69, 9.17) is 22.1 Å². The minimum absolute atomic E-state index is 0.203. The van der Waals surface area contributed by atoms with Crippen LogP contribution >= 0.6 is 11.6 Å². The summed E-state index contributed by atoms with van der Waals surface area (Å²) in [6.07, 6.45) is 0. The van der Waals surface area contributed by atoms with Crippen LogP contribution in [-0.2, 0) is 18.0 Å². The van der Waals surface area contributed by atoms with E-state index in [0.29, 0.717) is 29.8 Å². The highest BCUT2D eigenvalue weighted by atomic mass is 35.5. The third kappa shape index (κ3) is 2.71. The Morgan fingerprint density at radius 2 is 1.95 bits per heavy atom. The zero-order chi connectivity index (χ0) is 13.9. The Morgan fingerprint density at radius 3 is 2.75 bits per heavy atom. The molecular weight excluding hydrogens is 278 g/mol. The fraction of sp³-hybridized carbons (Fsp3) is 0.154. The molecule has 0 saturated heterocycles. The summed E-state index contributed by atoms with van der Waals surface area (Å²) in [5.41, 5.74) is 7.37. The number of hydrogen-bond acceptors (Lipinski definition) is 5. The first-order valence-corrected chi connectivity index (χ1v) is 6.39. The quantitative estimate of drug-likeness (QED) is 0.744. The zero-order valence-corrected chi connectivity index (χ0v) is 11.3. The molecule has 0 aliphatic carbocycles. The number of halogens is 1. The van der Waals surface area contributed by atoms with Gasteiger partial charge in [-0.15, -0.1) is 5.10 Å². The first-order chi connectivity index (χ1) is 9.72. The van der Waals surface area contributed by atoms with Crippen LogP contribution in [0.15, 0.2) is 36.4 Å². The monoisotopic (exact) mass is 289 g/mol. The van der Waals surface area contributed by atoms with Gasteiger partial charge in [-0.2, -0.15) is 4.52 Å². The van der Waals surface area contributed by atoms with Gasteiger partial charge in [-0.05, 0) is 5.56 Å². The zero-order valence-electron chi connectivity index (χ0n) is 10.5. The number of nitrogens with zero attached hydrogens (tertiary/aromatic N) is 4. The van der Waals surface area contributed by atoms with Gasteiger partial charge in [0.15, 0.2) is 11.5 Å². The number of fused-ring (bicyclic) bond motifs is 1. The predicted octanol–water partition coefficient (Wildman–Crippen LogP) is 2.08. The SMILES string of the molecule is Nc1nc(Cl)cc2nc(COCc3ccccc3)nn12. The minimum atomic E-state index is 0.203. The minimum Gasteiger partial charge on any atom is -0.369 e. The molecule has 6 nitrogen and oxygen atoms in total. The Labute approximate surface area is 120 Å². The lowest BCUT2D eigenvalue weighted by atomic mass is 10.2. The maximum Gasteiger partial charge on any atom is 0.224 e. The van der Waals surface area contributed by atoms with Gasteiger partial charge >= 0.3 is 0 Å². The van der Waals surface area contributed by atoms with Crippen LogP contribution in [0.3, 0.4) is 0 Å². The molecule has 0 amide bonds. The molecule has 2 N–H and O–H groups in total. The van der Waals surface area contributed by atoms with Crippen molar-refractivity contribution >= 4 is 23.2 Å². The van der Waals surface area contributed by atoms with Crippen molar-refractivity contribution in [1.82, 2.24) is 19.6 Å². The maximum absolute atomic E-state index is 5.81. The normalized spacial score (nSPS) is 11.1. The van der Waals surface area contributed by atoms with Crippen molar-refractivity contribution in [2.75, 3.05) is 5.73 Å². The van der Waals surface area contributed by atoms with Crippen LogP contribution in [0.2, 0.25) is 5.15 Å². The summed E-state index contributed by atoms with van der Waals surface area (Å²) in [5.74, 6) is 0.742. The first-order valence-electron chi connectivity index (χ1n) is 6.02. The summed E-state index contributed by atoms with van der Waals surface area (Å²) in [6, 6.07) is 11.5. The van der Waals surface area contributed by atoms with E-state index in [2.05, 4.69) is 15.1 Å². The van der Waals surface area contributed by atoms with Crippen molar-refractivity contribution in [1.29, 1.82) is 0 Å². The standard InChI is InChI=1S/C13H12ClN5O/c14-10-6-12-17-11(18-19(12)13(15)16-10)8-20-7-9-4-2-1-3-5-9/h1-6H,7-8H2,(H2,15,16). The Balaban J connectivity index is 1.70. The first kappa shape index (κ1) is 12.8. The van der Waals surface area contributed by atoms with Crippen molar-refractivity contribution in [3.63, 3.8) is 0 Å². The Morgan fingerprint density at radius 1 is 1.15 bits per heavy atom. The van der Waals surface area contributed by atoms with Gasteiger partial charge in [0.1, 0.15) is 11.8 Å². The summed E-state index contributed by atoms with van der Waals surface area (Å²) >= 11 is 5.81. The summed E-state index contributed by atoms with van der Waals surface area (Å²) < 4.78 is 7.01. The Hall–Kier alpha value is -2.18. The third-order valence-corrected chi connectivity index (χ3v) is 2.90. The van der Waals surface area contributed by atoms with E-state index in [1.54, 1.807) is 6.07 Å². The fourth-order valence-electron chi connectivity index (χ4n) is 1.82. The number of anilines is 1. The van der Waals surface area contributed by atoms with Crippen LogP contribution in [0.4, 0.5) is 5.95 Å². The molecule has 2 aromatic heterocycles. The highest BCUT2D eigenvalue weighted by molar-refractivity contribution is 6.29. The highest BCUT2D eigenvalue weighted by Gasteiger charge is 2.08. The maximum atomic E-state index is 5.81. The second kappa shape index (κ2) is 5.44. The molecule has 2 heterocycles. The van der Waals surface area contributed by atoms with Crippen molar-refractivity contribution < 1.29 is 4.74 Å². The number of rotatable bonds is 4. The van der Waals surface area contributed by atoms with E-state index in [1.807, 2.05) is 30.3 Å². The molecule has 0 atom stereocenters. The number of ether oxygens (including phenoxy) is 1. The molecule has 20 heavy (non-hydrogen) atoms.